The van der Waals surface area contributed by atoms with Crippen LogP contribution in [-0.4, -0.2) is 11.2 Å². The average molecular weight is 364 g/mol. The van der Waals surface area contributed by atoms with Crippen molar-refractivity contribution in [1.29, 1.82) is 0 Å². The van der Waals surface area contributed by atoms with Crippen LogP contribution in [-0.2, 0) is 4.79 Å². The lowest BCUT2D eigenvalue weighted by Gasteiger charge is -2.18. The van der Waals surface area contributed by atoms with Crippen molar-refractivity contribution in [3.8, 4) is 0 Å². The van der Waals surface area contributed by atoms with Crippen LogP contribution in [0.5, 0.6) is 0 Å². The summed E-state index contributed by atoms with van der Waals surface area (Å²) < 4.78 is 0. The Balaban J connectivity index is 1.71. The molecule has 0 unspecified atom stereocenters. The van der Waals surface area contributed by atoms with Crippen molar-refractivity contribution in [3.05, 3.63) is 72.3 Å². The number of carbonyl (C=O) groups is 1. The van der Waals surface area contributed by atoms with E-state index >= 15 is 0 Å². The van der Waals surface area contributed by atoms with Crippen LogP contribution >= 0.6 is 11.8 Å². The fraction of sp³-hybridized carbons (Fsp3) is 0.261. The van der Waals surface area contributed by atoms with E-state index in [2.05, 4.69) is 55.6 Å². The third-order valence-corrected chi connectivity index (χ3v) is 5.86. The van der Waals surface area contributed by atoms with Crippen LogP contribution in [0, 0.1) is 0 Å². The summed E-state index contributed by atoms with van der Waals surface area (Å²) in [5.74, 6) is 0.467. The van der Waals surface area contributed by atoms with Crippen molar-refractivity contribution < 1.29 is 4.79 Å². The number of rotatable bonds is 6. The number of anilines is 1. The van der Waals surface area contributed by atoms with Crippen LogP contribution in [0.15, 0.2) is 71.6 Å². The molecule has 26 heavy (non-hydrogen) atoms. The molecule has 0 aliphatic rings. The zero-order valence-corrected chi connectivity index (χ0v) is 16.3. The summed E-state index contributed by atoms with van der Waals surface area (Å²) in [7, 11) is 0. The summed E-state index contributed by atoms with van der Waals surface area (Å²) in [5.41, 5.74) is 2.13. The number of fused-ring (bicyclic) bond motifs is 1. The molecular formula is C23H25NOS. The van der Waals surface area contributed by atoms with E-state index in [9.17, 15) is 4.79 Å². The van der Waals surface area contributed by atoms with E-state index in [0.717, 1.165) is 17.0 Å². The van der Waals surface area contributed by atoms with Gasteiger partial charge in [-0.15, -0.1) is 11.8 Å². The molecule has 0 fully saturated rings. The molecule has 1 N–H and O–H groups in total. The largest absolute Gasteiger partial charge is 0.325 e. The van der Waals surface area contributed by atoms with E-state index in [0.29, 0.717) is 5.92 Å². The highest BCUT2D eigenvalue weighted by molar-refractivity contribution is 8.00. The highest BCUT2D eigenvalue weighted by Gasteiger charge is 2.17. The number of carbonyl (C=O) groups excluding carboxylic acids is 1. The quantitative estimate of drug-likeness (QED) is 0.508. The Morgan fingerprint density at radius 1 is 0.962 bits per heavy atom. The van der Waals surface area contributed by atoms with Gasteiger partial charge in [-0.2, -0.15) is 0 Å². The molecule has 3 heteroatoms. The normalized spacial score (nSPS) is 13.3. The third-order valence-electron chi connectivity index (χ3n) is 4.76. The maximum Gasteiger partial charge on any atom is 0.237 e. The number of hydrogen-bond donors (Lipinski definition) is 1. The number of nitrogens with one attached hydrogen (secondary N) is 1. The molecule has 0 aromatic heterocycles. The summed E-state index contributed by atoms with van der Waals surface area (Å²) in [4.78, 5) is 13.8. The van der Waals surface area contributed by atoms with Crippen LogP contribution in [0.4, 0.5) is 5.69 Å². The van der Waals surface area contributed by atoms with E-state index in [-0.39, 0.29) is 11.2 Å². The summed E-state index contributed by atoms with van der Waals surface area (Å²) >= 11 is 1.59. The molecule has 0 radical (unpaired) electrons. The predicted molar refractivity (Wildman–Crippen MR) is 113 cm³/mol. The minimum atomic E-state index is -0.166. The van der Waals surface area contributed by atoms with Gasteiger partial charge in [0.2, 0.25) is 5.91 Å². The lowest BCUT2D eigenvalue weighted by molar-refractivity contribution is -0.115. The van der Waals surface area contributed by atoms with Gasteiger partial charge in [0, 0.05) is 10.6 Å². The summed E-state index contributed by atoms with van der Waals surface area (Å²) in [6.07, 6.45) is 1.05. The van der Waals surface area contributed by atoms with Gasteiger partial charge in [-0.1, -0.05) is 62.4 Å². The summed E-state index contributed by atoms with van der Waals surface area (Å²) in [6, 6.07) is 22.7. The molecule has 134 valence electrons. The standard InChI is InChI=1S/C23H25NOS/c1-4-16(2)21-11-7-8-12-22(21)24-23(25)17(3)26-20-14-13-18-9-5-6-10-19(18)15-20/h5-17H,4H2,1-3H3,(H,24,25)/t16-,17+/m1/s1. The van der Waals surface area contributed by atoms with Crippen molar-refractivity contribution in [3.63, 3.8) is 0 Å². The van der Waals surface area contributed by atoms with Gasteiger partial charge in [-0.05, 0) is 53.8 Å². The van der Waals surface area contributed by atoms with E-state index in [1.807, 2.05) is 37.3 Å². The fourth-order valence-corrected chi connectivity index (χ4v) is 3.91. The second kappa shape index (κ2) is 8.41. The molecule has 2 atom stereocenters. The molecule has 2 nitrogen and oxygen atoms in total. The highest BCUT2D eigenvalue weighted by Crippen LogP contribution is 2.30. The van der Waals surface area contributed by atoms with Gasteiger partial charge >= 0.3 is 0 Å². The topological polar surface area (TPSA) is 29.1 Å². The molecule has 0 aliphatic heterocycles. The van der Waals surface area contributed by atoms with Crippen molar-refractivity contribution in [2.24, 2.45) is 0 Å². The SMILES string of the molecule is CC[C@@H](C)c1ccccc1NC(=O)[C@H](C)Sc1ccc2ccccc2c1. The molecule has 3 aromatic carbocycles. The maximum absolute atomic E-state index is 12.7. The minimum Gasteiger partial charge on any atom is -0.325 e. The first-order chi connectivity index (χ1) is 12.6. The molecule has 0 heterocycles. The third kappa shape index (κ3) is 4.28. The first-order valence-electron chi connectivity index (χ1n) is 9.13. The monoisotopic (exact) mass is 363 g/mol. The second-order valence-electron chi connectivity index (χ2n) is 6.65. The van der Waals surface area contributed by atoms with Gasteiger partial charge in [0.1, 0.15) is 0 Å². The Morgan fingerprint density at radius 2 is 1.65 bits per heavy atom. The molecule has 0 saturated carbocycles. The van der Waals surface area contributed by atoms with Gasteiger partial charge in [0.25, 0.3) is 0 Å². The van der Waals surface area contributed by atoms with Crippen molar-refractivity contribution >= 4 is 34.1 Å². The molecule has 0 aliphatic carbocycles. The van der Waals surface area contributed by atoms with Gasteiger partial charge in [-0.3, -0.25) is 4.79 Å². The van der Waals surface area contributed by atoms with Crippen molar-refractivity contribution in [2.75, 3.05) is 5.32 Å². The number of benzene rings is 3. The Bertz CT molecular complexity index is 905. The van der Waals surface area contributed by atoms with E-state index in [1.165, 1.54) is 16.3 Å². The summed E-state index contributed by atoms with van der Waals surface area (Å²) in [5, 5.41) is 5.38. The minimum absolute atomic E-state index is 0.0407. The van der Waals surface area contributed by atoms with Gasteiger partial charge < -0.3 is 5.32 Å². The van der Waals surface area contributed by atoms with Crippen LogP contribution in [0.25, 0.3) is 10.8 Å². The highest BCUT2D eigenvalue weighted by atomic mass is 32.2. The van der Waals surface area contributed by atoms with Crippen molar-refractivity contribution in [1.82, 2.24) is 0 Å². The van der Waals surface area contributed by atoms with Crippen LogP contribution < -0.4 is 5.32 Å². The van der Waals surface area contributed by atoms with Crippen LogP contribution in [0.2, 0.25) is 0 Å². The zero-order chi connectivity index (χ0) is 18.5. The van der Waals surface area contributed by atoms with Crippen LogP contribution in [0.3, 0.4) is 0 Å². The first-order valence-corrected chi connectivity index (χ1v) is 10.0. The smallest absolute Gasteiger partial charge is 0.237 e. The summed E-state index contributed by atoms with van der Waals surface area (Å²) in [6.45, 7) is 6.32. The molecule has 0 saturated heterocycles. The number of amides is 1. The molecule has 3 rings (SSSR count). The number of hydrogen-bond acceptors (Lipinski definition) is 2. The average Bonchev–Trinajstić information content (AvgIpc) is 2.67. The zero-order valence-electron chi connectivity index (χ0n) is 15.5. The van der Waals surface area contributed by atoms with E-state index < -0.39 is 0 Å². The van der Waals surface area contributed by atoms with Gasteiger partial charge in [-0.25, -0.2) is 0 Å². The Morgan fingerprint density at radius 3 is 2.42 bits per heavy atom. The molecular weight excluding hydrogens is 338 g/mol. The molecule has 0 bridgehead atoms. The second-order valence-corrected chi connectivity index (χ2v) is 8.07. The van der Waals surface area contributed by atoms with E-state index in [1.54, 1.807) is 11.8 Å². The molecule has 0 spiro atoms. The van der Waals surface area contributed by atoms with Crippen LogP contribution in [0.1, 0.15) is 38.7 Å². The number of para-hydroxylation sites is 1. The Kier molecular flexibility index (Phi) is 6.00. The predicted octanol–water partition coefficient (Wildman–Crippen LogP) is 6.47. The Labute approximate surface area is 160 Å². The number of thioether (sulfide) groups is 1. The fourth-order valence-electron chi connectivity index (χ4n) is 2.99. The molecule has 3 aromatic rings. The first kappa shape index (κ1) is 18.5. The lowest BCUT2D eigenvalue weighted by Crippen LogP contribution is -2.23. The lowest BCUT2D eigenvalue weighted by atomic mass is 9.97. The van der Waals surface area contributed by atoms with Gasteiger partial charge in [0.05, 0.1) is 5.25 Å². The van der Waals surface area contributed by atoms with Crippen molar-refractivity contribution in [2.45, 2.75) is 43.3 Å². The molecule has 1 amide bonds. The van der Waals surface area contributed by atoms with Gasteiger partial charge in [0.15, 0.2) is 0 Å². The maximum atomic E-state index is 12.7. The van der Waals surface area contributed by atoms with E-state index in [4.69, 9.17) is 0 Å². The Hall–Kier alpha value is -2.26.